The first-order valence-electron chi connectivity index (χ1n) is 10.5. The van der Waals surface area contributed by atoms with Crippen LogP contribution in [0.2, 0.25) is 0 Å². The fourth-order valence-corrected chi connectivity index (χ4v) is 3.96. The fourth-order valence-electron chi connectivity index (χ4n) is 3.96. The molecule has 1 aromatic rings. The van der Waals surface area contributed by atoms with E-state index in [1.807, 2.05) is 31.3 Å². The van der Waals surface area contributed by atoms with Crippen LogP contribution in [-0.4, -0.2) is 84.2 Å². The number of unbranched alkanes of at least 4 members (excludes halogenated alkanes) is 1. The number of rotatable bonds is 6. The monoisotopic (exact) mass is 390 g/mol. The van der Waals surface area contributed by atoms with Crippen molar-refractivity contribution in [2.24, 2.45) is 10.9 Å². The number of carbonyl (C=O) groups excluding carboxylic acids is 1. The molecule has 0 atom stereocenters. The van der Waals surface area contributed by atoms with Gasteiger partial charge in [0.05, 0.1) is 13.2 Å². The molecule has 3 heterocycles. The Balaban J connectivity index is 1.35. The Bertz CT molecular complexity index is 645. The van der Waals surface area contributed by atoms with Crippen molar-refractivity contribution in [3.8, 4) is 0 Å². The van der Waals surface area contributed by atoms with Crippen LogP contribution >= 0.6 is 0 Å². The lowest BCUT2D eigenvalue weighted by atomic mass is 9.95. The molecule has 0 saturated carbocycles. The summed E-state index contributed by atoms with van der Waals surface area (Å²) in [5.41, 5.74) is 0. The van der Waals surface area contributed by atoms with Crippen LogP contribution in [0.1, 0.15) is 31.5 Å². The molecule has 0 aliphatic carbocycles. The summed E-state index contributed by atoms with van der Waals surface area (Å²) in [7, 11) is 1.84. The van der Waals surface area contributed by atoms with Crippen molar-refractivity contribution in [3.63, 3.8) is 0 Å². The molecule has 1 N–H and O–H groups in total. The summed E-state index contributed by atoms with van der Waals surface area (Å²) in [6.45, 7) is 8.52. The molecule has 2 aliphatic rings. The van der Waals surface area contributed by atoms with Crippen molar-refractivity contribution in [1.82, 2.24) is 24.7 Å². The largest absolute Gasteiger partial charge is 0.378 e. The normalized spacial score (nSPS) is 19.1. The zero-order valence-corrected chi connectivity index (χ0v) is 17.3. The summed E-state index contributed by atoms with van der Waals surface area (Å²) < 4.78 is 7.54. The van der Waals surface area contributed by atoms with Gasteiger partial charge in [-0.15, -0.1) is 0 Å². The highest BCUT2D eigenvalue weighted by Crippen LogP contribution is 2.20. The predicted octanol–water partition coefficient (Wildman–Crippen LogP) is 1.12. The molecule has 28 heavy (non-hydrogen) atoms. The number of aromatic nitrogens is 2. The maximum Gasteiger partial charge on any atom is 0.225 e. The lowest BCUT2D eigenvalue weighted by Gasteiger charge is -2.36. The SMILES string of the molecule is CN=C(NCCCCn1ccnc1C)N1CCC(C(=O)N2CCOCC2)CC1. The van der Waals surface area contributed by atoms with E-state index in [9.17, 15) is 4.79 Å². The summed E-state index contributed by atoms with van der Waals surface area (Å²) in [6.07, 6.45) is 7.88. The lowest BCUT2D eigenvalue weighted by Crippen LogP contribution is -2.50. The molecule has 0 bridgehead atoms. The van der Waals surface area contributed by atoms with Crippen LogP contribution < -0.4 is 5.32 Å². The quantitative estimate of drug-likeness (QED) is 0.448. The smallest absolute Gasteiger partial charge is 0.225 e. The number of piperidine rings is 1. The number of ether oxygens (including phenoxy) is 1. The lowest BCUT2D eigenvalue weighted by molar-refractivity contribution is -0.140. The van der Waals surface area contributed by atoms with E-state index in [1.165, 1.54) is 0 Å². The van der Waals surface area contributed by atoms with Crippen molar-refractivity contribution in [2.45, 2.75) is 39.2 Å². The van der Waals surface area contributed by atoms with Crippen LogP contribution in [-0.2, 0) is 16.1 Å². The molecule has 0 aromatic carbocycles. The minimum Gasteiger partial charge on any atom is -0.378 e. The molecule has 156 valence electrons. The van der Waals surface area contributed by atoms with Gasteiger partial charge in [0.15, 0.2) is 5.96 Å². The van der Waals surface area contributed by atoms with Gasteiger partial charge >= 0.3 is 0 Å². The highest BCUT2D eigenvalue weighted by atomic mass is 16.5. The molecular weight excluding hydrogens is 356 g/mol. The van der Waals surface area contributed by atoms with E-state index in [4.69, 9.17) is 4.74 Å². The van der Waals surface area contributed by atoms with Crippen LogP contribution in [0.15, 0.2) is 17.4 Å². The van der Waals surface area contributed by atoms with Gasteiger partial charge in [-0.2, -0.15) is 0 Å². The van der Waals surface area contributed by atoms with Gasteiger partial charge in [0.2, 0.25) is 5.91 Å². The minimum atomic E-state index is 0.144. The zero-order valence-electron chi connectivity index (χ0n) is 17.3. The second-order valence-corrected chi connectivity index (χ2v) is 7.55. The third-order valence-electron chi connectivity index (χ3n) is 5.71. The van der Waals surface area contributed by atoms with Gasteiger partial charge in [0.1, 0.15) is 5.82 Å². The van der Waals surface area contributed by atoms with Crippen LogP contribution in [0, 0.1) is 12.8 Å². The number of hydrogen-bond acceptors (Lipinski definition) is 4. The molecule has 0 unspecified atom stereocenters. The van der Waals surface area contributed by atoms with Crippen molar-refractivity contribution >= 4 is 11.9 Å². The number of morpholine rings is 1. The van der Waals surface area contributed by atoms with Crippen LogP contribution in [0.3, 0.4) is 0 Å². The molecule has 8 nitrogen and oxygen atoms in total. The summed E-state index contributed by atoms with van der Waals surface area (Å²) >= 11 is 0. The number of aryl methyl sites for hydroxylation is 2. The molecule has 1 aromatic heterocycles. The Morgan fingerprint density at radius 1 is 1.21 bits per heavy atom. The van der Waals surface area contributed by atoms with E-state index in [-0.39, 0.29) is 5.92 Å². The van der Waals surface area contributed by atoms with E-state index in [0.29, 0.717) is 19.1 Å². The van der Waals surface area contributed by atoms with E-state index >= 15 is 0 Å². The molecule has 0 radical (unpaired) electrons. The van der Waals surface area contributed by atoms with Gasteiger partial charge in [-0.25, -0.2) is 4.98 Å². The van der Waals surface area contributed by atoms with Crippen LogP contribution in [0.4, 0.5) is 0 Å². The average Bonchev–Trinajstić information content (AvgIpc) is 3.16. The number of hydrogen-bond donors (Lipinski definition) is 1. The van der Waals surface area contributed by atoms with Crippen molar-refractivity contribution < 1.29 is 9.53 Å². The Hall–Kier alpha value is -2.09. The number of nitrogens with zero attached hydrogens (tertiary/aromatic N) is 5. The minimum absolute atomic E-state index is 0.144. The second kappa shape index (κ2) is 10.5. The summed E-state index contributed by atoms with van der Waals surface area (Å²) in [5, 5.41) is 3.48. The fraction of sp³-hybridized carbons (Fsp3) is 0.750. The van der Waals surface area contributed by atoms with E-state index in [0.717, 1.165) is 76.7 Å². The number of carbonyl (C=O) groups is 1. The van der Waals surface area contributed by atoms with Crippen molar-refractivity contribution in [1.29, 1.82) is 0 Å². The highest BCUT2D eigenvalue weighted by Gasteiger charge is 2.30. The molecule has 8 heteroatoms. The summed E-state index contributed by atoms with van der Waals surface area (Å²) in [6, 6.07) is 0. The second-order valence-electron chi connectivity index (χ2n) is 7.55. The topological polar surface area (TPSA) is 75.0 Å². The molecule has 2 aliphatic heterocycles. The Morgan fingerprint density at radius 3 is 2.61 bits per heavy atom. The molecule has 1 amide bonds. The first-order valence-corrected chi connectivity index (χ1v) is 10.5. The number of aliphatic imine (C=N–C) groups is 1. The molecular formula is C20H34N6O2. The Labute approximate surface area is 168 Å². The number of guanidine groups is 1. The Kier molecular flexibility index (Phi) is 7.71. The highest BCUT2D eigenvalue weighted by molar-refractivity contribution is 5.81. The number of amides is 1. The van der Waals surface area contributed by atoms with Crippen molar-refractivity contribution in [3.05, 3.63) is 18.2 Å². The van der Waals surface area contributed by atoms with Crippen LogP contribution in [0.25, 0.3) is 0 Å². The third kappa shape index (κ3) is 5.47. The van der Waals surface area contributed by atoms with Gasteiger partial charge < -0.3 is 24.4 Å². The first kappa shape index (κ1) is 20.6. The molecule has 2 fully saturated rings. The molecule has 3 rings (SSSR count). The van der Waals surface area contributed by atoms with Gasteiger partial charge in [0, 0.05) is 64.6 Å². The predicted molar refractivity (Wildman–Crippen MR) is 109 cm³/mol. The maximum absolute atomic E-state index is 12.7. The average molecular weight is 391 g/mol. The zero-order chi connectivity index (χ0) is 19.8. The van der Waals surface area contributed by atoms with Crippen molar-refractivity contribution in [2.75, 3.05) is 53.0 Å². The maximum atomic E-state index is 12.7. The molecule has 0 spiro atoms. The Morgan fingerprint density at radius 2 is 1.96 bits per heavy atom. The number of likely N-dealkylation sites (tertiary alicyclic amines) is 1. The molecule has 2 saturated heterocycles. The summed E-state index contributed by atoms with van der Waals surface area (Å²) in [5.74, 6) is 2.47. The third-order valence-corrected chi connectivity index (χ3v) is 5.71. The van der Waals surface area contributed by atoms with Gasteiger partial charge in [-0.1, -0.05) is 0 Å². The van der Waals surface area contributed by atoms with Gasteiger partial charge in [-0.3, -0.25) is 9.79 Å². The van der Waals surface area contributed by atoms with Gasteiger partial charge in [0.25, 0.3) is 0 Å². The number of imidazole rings is 1. The van der Waals surface area contributed by atoms with E-state index < -0.39 is 0 Å². The standard InChI is InChI=1S/C20H34N6O2/c1-17-22-8-12-24(17)9-4-3-7-23-20(21-2)26-10-5-18(6-11-26)19(27)25-13-15-28-16-14-25/h8,12,18H,3-7,9-11,13-16H2,1-2H3,(H,21,23). The van der Waals surface area contributed by atoms with Crippen LogP contribution in [0.5, 0.6) is 0 Å². The summed E-state index contributed by atoms with van der Waals surface area (Å²) in [4.78, 5) is 25.6. The first-order chi connectivity index (χ1) is 13.7. The number of nitrogens with one attached hydrogen (secondary N) is 1. The van der Waals surface area contributed by atoms with E-state index in [2.05, 4.69) is 24.8 Å². The van der Waals surface area contributed by atoms with Gasteiger partial charge in [-0.05, 0) is 32.6 Å². The van der Waals surface area contributed by atoms with E-state index in [1.54, 1.807) is 0 Å².